The van der Waals surface area contributed by atoms with Gasteiger partial charge in [0.1, 0.15) is 17.5 Å². The van der Waals surface area contributed by atoms with E-state index in [1.54, 1.807) is 13.2 Å². The Hall–Kier alpha value is -2.40. The molecule has 1 aliphatic carbocycles. The van der Waals surface area contributed by atoms with E-state index in [1.165, 1.54) is 0 Å². The Balaban J connectivity index is 2.04. The monoisotopic (exact) mass is 283 g/mol. The fourth-order valence-corrected chi connectivity index (χ4v) is 2.24. The van der Waals surface area contributed by atoms with Gasteiger partial charge in [-0.05, 0) is 24.3 Å². The molecule has 0 fully saturated rings. The Morgan fingerprint density at radius 3 is 2.86 bits per heavy atom. The Morgan fingerprint density at radius 2 is 2.14 bits per heavy atom. The zero-order chi connectivity index (χ0) is 15.0. The van der Waals surface area contributed by atoms with Gasteiger partial charge in [0.15, 0.2) is 11.5 Å². The molecule has 21 heavy (non-hydrogen) atoms. The summed E-state index contributed by atoms with van der Waals surface area (Å²) in [7, 11) is 5.54. The second kappa shape index (κ2) is 5.18. The Morgan fingerprint density at radius 1 is 1.33 bits per heavy atom. The standard InChI is InChI=1S/C16H17N3O2/c1-19(2)10-4-5-12-15(8-10)21-16-9-11(17)14(20-3)7-6-13(16)18-12/h4-9,14,17H,1-3H3. The van der Waals surface area contributed by atoms with Crippen LogP contribution in [-0.2, 0) is 4.74 Å². The first kappa shape index (κ1) is 13.6. The van der Waals surface area contributed by atoms with E-state index in [4.69, 9.17) is 14.9 Å². The number of fused-ring (bicyclic) bond motifs is 2. The van der Waals surface area contributed by atoms with Gasteiger partial charge in [0.2, 0.25) is 0 Å². The molecule has 3 rings (SSSR count). The van der Waals surface area contributed by atoms with Gasteiger partial charge < -0.3 is 19.8 Å². The molecule has 108 valence electrons. The molecule has 1 heterocycles. The molecule has 1 unspecified atom stereocenters. The van der Waals surface area contributed by atoms with E-state index < -0.39 is 0 Å². The molecular formula is C16H17N3O2. The maximum atomic E-state index is 8.01. The summed E-state index contributed by atoms with van der Waals surface area (Å²) in [5, 5.41) is 8.01. The highest BCUT2D eigenvalue weighted by atomic mass is 16.5. The van der Waals surface area contributed by atoms with Crippen LogP contribution in [-0.4, -0.2) is 38.7 Å². The van der Waals surface area contributed by atoms with Crippen LogP contribution in [0.25, 0.3) is 0 Å². The minimum absolute atomic E-state index is 0.348. The molecule has 1 N–H and O–H groups in total. The SMILES string of the molecule is COC1C=CC2=Nc3ccc(N(C)C)cc3OC2=CC1=N. The summed E-state index contributed by atoms with van der Waals surface area (Å²) in [6.07, 6.45) is 4.95. The summed E-state index contributed by atoms with van der Waals surface area (Å²) in [6.45, 7) is 0. The summed E-state index contributed by atoms with van der Waals surface area (Å²) in [6, 6.07) is 5.89. The lowest BCUT2D eigenvalue weighted by molar-refractivity contribution is 0.191. The van der Waals surface area contributed by atoms with Crippen LogP contribution in [0.5, 0.6) is 5.75 Å². The van der Waals surface area contributed by atoms with E-state index in [9.17, 15) is 0 Å². The average molecular weight is 283 g/mol. The van der Waals surface area contributed by atoms with Gasteiger partial charge in [-0.15, -0.1) is 0 Å². The molecule has 5 heteroatoms. The summed E-state index contributed by atoms with van der Waals surface area (Å²) in [5.74, 6) is 1.28. The van der Waals surface area contributed by atoms with Crippen molar-refractivity contribution in [3.05, 3.63) is 42.2 Å². The minimum Gasteiger partial charge on any atom is -0.453 e. The van der Waals surface area contributed by atoms with Crippen LogP contribution < -0.4 is 9.64 Å². The lowest BCUT2D eigenvalue weighted by Gasteiger charge is -2.20. The molecule has 0 aromatic heterocycles. The maximum Gasteiger partial charge on any atom is 0.155 e. The summed E-state index contributed by atoms with van der Waals surface area (Å²) < 4.78 is 11.2. The van der Waals surface area contributed by atoms with Crippen molar-refractivity contribution in [3.8, 4) is 5.75 Å². The van der Waals surface area contributed by atoms with Crippen molar-refractivity contribution in [1.82, 2.24) is 0 Å². The molecule has 0 radical (unpaired) electrons. The van der Waals surface area contributed by atoms with E-state index in [-0.39, 0.29) is 6.10 Å². The first-order valence-corrected chi connectivity index (χ1v) is 6.68. The second-order valence-electron chi connectivity index (χ2n) is 5.12. The quantitative estimate of drug-likeness (QED) is 0.908. The lowest BCUT2D eigenvalue weighted by Crippen LogP contribution is -2.17. The molecule has 0 bridgehead atoms. The van der Waals surface area contributed by atoms with Crippen molar-refractivity contribution >= 4 is 22.8 Å². The minimum atomic E-state index is -0.366. The molecule has 1 aromatic carbocycles. The topological polar surface area (TPSA) is 57.9 Å². The predicted molar refractivity (Wildman–Crippen MR) is 84.2 cm³/mol. The number of nitrogens with zero attached hydrogens (tertiary/aromatic N) is 2. The number of ether oxygens (including phenoxy) is 2. The first-order chi connectivity index (χ1) is 10.1. The Labute approximate surface area is 123 Å². The normalized spacial score (nSPS) is 19.8. The van der Waals surface area contributed by atoms with Gasteiger partial charge in [-0.25, -0.2) is 4.99 Å². The van der Waals surface area contributed by atoms with Gasteiger partial charge in [-0.2, -0.15) is 0 Å². The number of methoxy groups -OCH3 is 1. The van der Waals surface area contributed by atoms with E-state index in [0.29, 0.717) is 22.9 Å². The van der Waals surface area contributed by atoms with Crippen molar-refractivity contribution in [1.29, 1.82) is 5.41 Å². The fourth-order valence-electron chi connectivity index (χ4n) is 2.24. The van der Waals surface area contributed by atoms with Crippen LogP contribution in [0.3, 0.4) is 0 Å². The highest BCUT2D eigenvalue weighted by Crippen LogP contribution is 2.37. The number of aliphatic imine (C=N–C) groups is 1. The number of hydrogen-bond donors (Lipinski definition) is 1. The van der Waals surface area contributed by atoms with E-state index in [0.717, 1.165) is 11.4 Å². The zero-order valence-corrected chi connectivity index (χ0v) is 12.3. The van der Waals surface area contributed by atoms with Gasteiger partial charge in [-0.3, -0.25) is 0 Å². The number of benzene rings is 1. The molecule has 0 spiro atoms. The Kier molecular flexibility index (Phi) is 3.35. The molecule has 5 nitrogen and oxygen atoms in total. The summed E-state index contributed by atoms with van der Waals surface area (Å²) in [5.41, 5.74) is 2.90. The number of anilines is 1. The smallest absolute Gasteiger partial charge is 0.155 e. The van der Waals surface area contributed by atoms with E-state index in [1.807, 2.05) is 49.3 Å². The van der Waals surface area contributed by atoms with Crippen LogP contribution in [0.1, 0.15) is 0 Å². The second-order valence-corrected chi connectivity index (χ2v) is 5.12. The third kappa shape index (κ3) is 2.48. The van der Waals surface area contributed by atoms with Gasteiger partial charge in [0.25, 0.3) is 0 Å². The van der Waals surface area contributed by atoms with E-state index >= 15 is 0 Å². The molecule has 0 saturated carbocycles. The fraction of sp³-hybridized carbons (Fsp3) is 0.250. The zero-order valence-electron chi connectivity index (χ0n) is 12.3. The van der Waals surface area contributed by atoms with Crippen LogP contribution in [0.15, 0.2) is 47.2 Å². The van der Waals surface area contributed by atoms with Crippen molar-refractivity contribution in [2.45, 2.75) is 6.10 Å². The van der Waals surface area contributed by atoms with Crippen molar-refractivity contribution in [2.24, 2.45) is 4.99 Å². The third-order valence-corrected chi connectivity index (χ3v) is 3.45. The highest BCUT2D eigenvalue weighted by Gasteiger charge is 2.22. The number of hydrogen-bond acceptors (Lipinski definition) is 5. The molecule has 0 amide bonds. The largest absolute Gasteiger partial charge is 0.453 e. The number of nitrogens with one attached hydrogen (secondary N) is 1. The van der Waals surface area contributed by atoms with Crippen molar-refractivity contribution in [3.63, 3.8) is 0 Å². The first-order valence-electron chi connectivity index (χ1n) is 6.68. The van der Waals surface area contributed by atoms with Gasteiger partial charge >= 0.3 is 0 Å². The molecule has 1 aliphatic heterocycles. The van der Waals surface area contributed by atoms with Crippen molar-refractivity contribution in [2.75, 3.05) is 26.1 Å². The van der Waals surface area contributed by atoms with Crippen LogP contribution in [0, 0.1) is 5.41 Å². The predicted octanol–water partition coefficient (Wildman–Crippen LogP) is 2.71. The molecule has 0 saturated heterocycles. The maximum absolute atomic E-state index is 8.01. The van der Waals surface area contributed by atoms with E-state index in [2.05, 4.69) is 4.99 Å². The van der Waals surface area contributed by atoms with Crippen molar-refractivity contribution < 1.29 is 9.47 Å². The number of allylic oxidation sites excluding steroid dienone is 1. The van der Waals surface area contributed by atoms with Gasteiger partial charge in [-0.1, -0.05) is 0 Å². The molecule has 1 atom stereocenters. The Bertz CT molecular complexity index is 687. The molecular weight excluding hydrogens is 266 g/mol. The summed E-state index contributed by atoms with van der Waals surface area (Å²) in [4.78, 5) is 6.60. The summed E-state index contributed by atoms with van der Waals surface area (Å²) >= 11 is 0. The van der Waals surface area contributed by atoms with Crippen LogP contribution in [0.4, 0.5) is 11.4 Å². The number of rotatable bonds is 2. The van der Waals surface area contributed by atoms with Gasteiger partial charge in [0, 0.05) is 39.0 Å². The van der Waals surface area contributed by atoms with Crippen LogP contribution >= 0.6 is 0 Å². The third-order valence-electron chi connectivity index (χ3n) is 3.45. The lowest BCUT2D eigenvalue weighted by atomic mass is 10.2. The van der Waals surface area contributed by atoms with Gasteiger partial charge in [0.05, 0.1) is 5.71 Å². The van der Waals surface area contributed by atoms with Crippen LogP contribution in [0.2, 0.25) is 0 Å². The highest BCUT2D eigenvalue weighted by molar-refractivity contribution is 6.16. The molecule has 1 aromatic rings. The average Bonchev–Trinajstić information content (AvgIpc) is 2.61. The molecule has 2 aliphatic rings.